The number of H-pyrrole nitrogens is 1. The Morgan fingerprint density at radius 1 is 0.844 bits per heavy atom. The maximum Gasteiger partial charge on any atom is 0.222 e. The van der Waals surface area contributed by atoms with Crippen LogP contribution in [0, 0.1) is 0 Å². The molecule has 0 saturated carbocycles. The Kier molecular flexibility index (Phi) is 5.07. The SMILES string of the molecule is Nc1nc(Nc2ccc(Oc3ccnc(-c4nnn[nH]4)c3)cc2)cc(-c2ccccc2)n1. The monoisotopic (exact) mass is 423 g/mol. The highest BCUT2D eigenvalue weighted by molar-refractivity contribution is 5.67. The van der Waals surface area contributed by atoms with E-state index in [0.29, 0.717) is 28.8 Å². The van der Waals surface area contributed by atoms with Gasteiger partial charge in [-0.3, -0.25) is 4.98 Å². The second-order valence-corrected chi connectivity index (χ2v) is 6.74. The number of benzene rings is 2. The second kappa shape index (κ2) is 8.48. The Morgan fingerprint density at radius 2 is 1.69 bits per heavy atom. The number of nitrogens with one attached hydrogen (secondary N) is 2. The van der Waals surface area contributed by atoms with E-state index in [1.807, 2.05) is 60.7 Å². The zero-order chi connectivity index (χ0) is 21.8. The molecule has 0 fully saturated rings. The van der Waals surface area contributed by atoms with Gasteiger partial charge in [-0.2, -0.15) is 4.98 Å². The van der Waals surface area contributed by atoms with E-state index in [4.69, 9.17) is 10.5 Å². The molecule has 156 valence electrons. The molecule has 0 unspecified atom stereocenters. The van der Waals surface area contributed by atoms with Gasteiger partial charge >= 0.3 is 0 Å². The van der Waals surface area contributed by atoms with Crippen LogP contribution in [0.25, 0.3) is 22.8 Å². The van der Waals surface area contributed by atoms with Crippen LogP contribution in [0.2, 0.25) is 0 Å². The van der Waals surface area contributed by atoms with Crippen molar-refractivity contribution >= 4 is 17.5 Å². The number of nitrogen functional groups attached to an aromatic ring is 1. The summed E-state index contributed by atoms with van der Waals surface area (Å²) in [6.07, 6.45) is 1.63. The summed E-state index contributed by atoms with van der Waals surface area (Å²) in [5.74, 6) is 2.54. The number of tetrazole rings is 1. The fraction of sp³-hybridized carbons (Fsp3) is 0. The van der Waals surface area contributed by atoms with Gasteiger partial charge in [0.15, 0.2) is 5.82 Å². The maximum absolute atomic E-state index is 5.92. The predicted octanol–water partition coefficient (Wildman–Crippen LogP) is 3.84. The van der Waals surface area contributed by atoms with Crippen molar-refractivity contribution in [1.82, 2.24) is 35.6 Å². The molecule has 4 N–H and O–H groups in total. The number of nitrogens with zero attached hydrogens (tertiary/aromatic N) is 6. The Labute approximate surface area is 182 Å². The van der Waals surface area contributed by atoms with Crippen molar-refractivity contribution < 1.29 is 4.74 Å². The van der Waals surface area contributed by atoms with Gasteiger partial charge in [0.1, 0.15) is 23.0 Å². The van der Waals surface area contributed by atoms with Crippen molar-refractivity contribution in [3.63, 3.8) is 0 Å². The van der Waals surface area contributed by atoms with Gasteiger partial charge in [-0.25, -0.2) is 10.1 Å². The molecule has 10 nitrogen and oxygen atoms in total. The van der Waals surface area contributed by atoms with E-state index in [1.54, 1.807) is 18.3 Å². The fourth-order valence-corrected chi connectivity index (χ4v) is 3.05. The number of aromatic amines is 1. The van der Waals surface area contributed by atoms with E-state index >= 15 is 0 Å². The van der Waals surface area contributed by atoms with Crippen LogP contribution in [0.1, 0.15) is 0 Å². The van der Waals surface area contributed by atoms with Crippen molar-refractivity contribution in [3.05, 3.63) is 79.0 Å². The van der Waals surface area contributed by atoms with E-state index in [0.717, 1.165) is 16.9 Å². The first-order valence-corrected chi connectivity index (χ1v) is 9.68. The van der Waals surface area contributed by atoms with Gasteiger partial charge in [0.2, 0.25) is 5.95 Å². The van der Waals surface area contributed by atoms with E-state index in [9.17, 15) is 0 Å². The molecule has 3 aromatic heterocycles. The molecule has 5 rings (SSSR count). The van der Waals surface area contributed by atoms with E-state index in [2.05, 4.69) is 40.9 Å². The molecule has 0 aliphatic rings. The van der Waals surface area contributed by atoms with Crippen LogP contribution in [-0.4, -0.2) is 35.6 Å². The van der Waals surface area contributed by atoms with Gasteiger partial charge in [-0.15, -0.1) is 5.10 Å². The molecule has 3 heterocycles. The zero-order valence-corrected chi connectivity index (χ0v) is 16.7. The maximum atomic E-state index is 5.92. The summed E-state index contributed by atoms with van der Waals surface area (Å²) in [5.41, 5.74) is 9.03. The number of aromatic nitrogens is 7. The number of nitrogens with two attached hydrogens (primary N) is 1. The molecule has 5 aromatic rings. The largest absolute Gasteiger partial charge is 0.457 e. The van der Waals surface area contributed by atoms with Crippen LogP contribution in [0.5, 0.6) is 11.5 Å². The summed E-state index contributed by atoms with van der Waals surface area (Å²) >= 11 is 0. The highest BCUT2D eigenvalue weighted by Gasteiger charge is 2.08. The van der Waals surface area contributed by atoms with Gasteiger partial charge in [0.05, 0.1) is 5.69 Å². The average Bonchev–Trinajstić information content (AvgIpc) is 3.36. The molecule has 0 bridgehead atoms. The third-order valence-corrected chi connectivity index (χ3v) is 4.49. The van der Waals surface area contributed by atoms with Crippen molar-refractivity contribution in [2.75, 3.05) is 11.1 Å². The molecular weight excluding hydrogens is 406 g/mol. The first-order valence-electron chi connectivity index (χ1n) is 9.68. The lowest BCUT2D eigenvalue weighted by atomic mass is 10.1. The topological polar surface area (TPSA) is 140 Å². The number of anilines is 3. The van der Waals surface area contributed by atoms with Crippen LogP contribution in [0.4, 0.5) is 17.5 Å². The standard InChI is InChI=1S/C22H17N9O/c23-22-26-18(14-4-2-1-3-5-14)13-20(27-22)25-15-6-8-16(9-7-15)32-17-10-11-24-19(12-17)21-28-30-31-29-21/h1-13H,(H3,23,25,26,27)(H,28,29,30,31). The Hall–Kier alpha value is -4.86. The predicted molar refractivity (Wildman–Crippen MR) is 119 cm³/mol. The lowest BCUT2D eigenvalue weighted by molar-refractivity contribution is 0.482. The van der Waals surface area contributed by atoms with E-state index in [1.165, 1.54) is 0 Å². The van der Waals surface area contributed by atoms with E-state index in [-0.39, 0.29) is 5.95 Å². The smallest absolute Gasteiger partial charge is 0.222 e. The third-order valence-electron chi connectivity index (χ3n) is 4.49. The Morgan fingerprint density at radius 3 is 2.47 bits per heavy atom. The van der Waals surface area contributed by atoms with Crippen molar-refractivity contribution in [2.24, 2.45) is 0 Å². The van der Waals surface area contributed by atoms with Crippen molar-refractivity contribution in [1.29, 1.82) is 0 Å². The zero-order valence-electron chi connectivity index (χ0n) is 16.7. The number of hydrogen-bond donors (Lipinski definition) is 3. The third kappa shape index (κ3) is 4.33. The highest BCUT2D eigenvalue weighted by Crippen LogP contribution is 2.27. The van der Waals surface area contributed by atoms with Crippen LogP contribution >= 0.6 is 0 Å². The van der Waals surface area contributed by atoms with Crippen LogP contribution in [0.3, 0.4) is 0 Å². The summed E-state index contributed by atoms with van der Waals surface area (Å²) in [4.78, 5) is 12.8. The van der Waals surface area contributed by atoms with Gasteiger partial charge in [0.25, 0.3) is 0 Å². The normalized spacial score (nSPS) is 10.6. The Bertz CT molecular complexity index is 1320. The molecule has 10 heteroatoms. The highest BCUT2D eigenvalue weighted by atomic mass is 16.5. The molecule has 0 saturated heterocycles. The van der Waals surface area contributed by atoms with Crippen molar-refractivity contribution in [2.45, 2.75) is 0 Å². The second-order valence-electron chi connectivity index (χ2n) is 6.74. The molecule has 2 aromatic carbocycles. The number of ether oxygens (including phenoxy) is 1. The number of pyridine rings is 1. The van der Waals surface area contributed by atoms with Gasteiger partial charge in [-0.05, 0) is 40.8 Å². The molecule has 32 heavy (non-hydrogen) atoms. The minimum Gasteiger partial charge on any atom is -0.457 e. The molecule has 0 radical (unpaired) electrons. The first kappa shape index (κ1) is 19.1. The lowest BCUT2D eigenvalue weighted by Crippen LogP contribution is -2.01. The minimum atomic E-state index is 0.198. The van der Waals surface area contributed by atoms with E-state index < -0.39 is 0 Å². The first-order chi connectivity index (χ1) is 15.7. The number of rotatable bonds is 6. The number of hydrogen-bond acceptors (Lipinski definition) is 9. The van der Waals surface area contributed by atoms with Gasteiger partial charge < -0.3 is 15.8 Å². The quantitative estimate of drug-likeness (QED) is 0.371. The minimum absolute atomic E-state index is 0.198. The lowest BCUT2D eigenvalue weighted by Gasteiger charge is -2.10. The molecular formula is C22H17N9O. The van der Waals surface area contributed by atoms with Crippen molar-refractivity contribution in [3.8, 4) is 34.3 Å². The summed E-state index contributed by atoms with van der Waals surface area (Å²) in [5, 5.41) is 16.9. The molecule has 0 aliphatic heterocycles. The molecule has 0 atom stereocenters. The fourth-order valence-electron chi connectivity index (χ4n) is 3.05. The molecule has 0 spiro atoms. The summed E-state index contributed by atoms with van der Waals surface area (Å²) in [7, 11) is 0. The summed E-state index contributed by atoms with van der Waals surface area (Å²) in [6, 6.07) is 22.6. The van der Waals surface area contributed by atoms with Gasteiger partial charge in [0, 0.05) is 29.6 Å². The van der Waals surface area contributed by atoms with Crippen LogP contribution in [0.15, 0.2) is 79.0 Å². The average molecular weight is 423 g/mol. The van der Waals surface area contributed by atoms with Crippen LogP contribution < -0.4 is 15.8 Å². The summed E-state index contributed by atoms with van der Waals surface area (Å²) < 4.78 is 5.92. The Balaban J connectivity index is 1.31. The molecule has 0 amide bonds. The van der Waals surface area contributed by atoms with Gasteiger partial charge in [-0.1, -0.05) is 30.3 Å². The molecule has 0 aliphatic carbocycles. The summed E-state index contributed by atoms with van der Waals surface area (Å²) in [6.45, 7) is 0. The van der Waals surface area contributed by atoms with Crippen LogP contribution in [-0.2, 0) is 0 Å².